The molecule has 112 valence electrons. The van der Waals surface area contributed by atoms with Gasteiger partial charge in [0.25, 0.3) is 0 Å². The van der Waals surface area contributed by atoms with Crippen LogP contribution in [0, 0.1) is 18.6 Å². The molecular weight excluding hydrogens is 272 g/mol. The maximum absolute atomic E-state index is 13.6. The molecule has 1 atom stereocenters. The fraction of sp³-hybridized carbons (Fsp3) is 0.294. The Kier molecular flexibility index (Phi) is 4.91. The molecular formula is C17H19F2NO. The predicted octanol–water partition coefficient (Wildman–Crippen LogP) is 3.74. The number of ether oxygens (including phenoxy) is 1. The van der Waals surface area contributed by atoms with E-state index in [9.17, 15) is 8.78 Å². The van der Waals surface area contributed by atoms with Crippen molar-refractivity contribution in [3.63, 3.8) is 0 Å². The summed E-state index contributed by atoms with van der Waals surface area (Å²) in [6.45, 7) is 3.91. The fourth-order valence-corrected chi connectivity index (χ4v) is 2.22. The van der Waals surface area contributed by atoms with Gasteiger partial charge in [-0.05, 0) is 43.5 Å². The molecule has 0 heterocycles. The number of halogens is 2. The van der Waals surface area contributed by atoms with Gasteiger partial charge in [0.1, 0.15) is 24.0 Å². The molecule has 0 radical (unpaired) electrons. The molecule has 0 aliphatic rings. The first-order valence-corrected chi connectivity index (χ1v) is 6.88. The van der Waals surface area contributed by atoms with Crippen LogP contribution >= 0.6 is 0 Å². The SMILES string of the molecule is Cc1cccc(CC(C)N)c1OCc1ccc(F)cc1F. The normalized spacial score (nSPS) is 12.2. The Bertz CT molecular complexity index is 626. The summed E-state index contributed by atoms with van der Waals surface area (Å²) < 4.78 is 32.3. The van der Waals surface area contributed by atoms with Crippen LogP contribution in [0.2, 0.25) is 0 Å². The Morgan fingerprint density at radius 2 is 1.90 bits per heavy atom. The Hall–Kier alpha value is -1.94. The van der Waals surface area contributed by atoms with Crippen LogP contribution in [0.1, 0.15) is 23.6 Å². The zero-order valence-corrected chi connectivity index (χ0v) is 12.2. The number of hydrogen-bond acceptors (Lipinski definition) is 2. The van der Waals surface area contributed by atoms with Crippen LogP contribution in [0.25, 0.3) is 0 Å². The Morgan fingerprint density at radius 1 is 1.14 bits per heavy atom. The summed E-state index contributed by atoms with van der Waals surface area (Å²) >= 11 is 0. The number of nitrogens with two attached hydrogens (primary N) is 1. The minimum atomic E-state index is -0.600. The average molecular weight is 291 g/mol. The van der Waals surface area contributed by atoms with E-state index in [0.29, 0.717) is 12.0 Å². The van der Waals surface area contributed by atoms with Gasteiger partial charge in [-0.3, -0.25) is 0 Å². The third-order valence-electron chi connectivity index (χ3n) is 3.22. The molecule has 2 N–H and O–H groups in total. The fourth-order valence-electron chi connectivity index (χ4n) is 2.22. The smallest absolute Gasteiger partial charge is 0.132 e. The van der Waals surface area contributed by atoms with E-state index in [4.69, 9.17) is 10.5 Å². The van der Waals surface area contributed by atoms with E-state index >= 15 is 0 Å². The number of para-hydroxylation sites is 1. The minimum Gasteiger partial charge on any atom is -0.488 e. The summed E-state index contributed by atoms with van der Waals surface area (Å²) in [5.74, 6) is -0.472. The summed E-state index contributed by atoms with van der Waals surface area (Å²) in [4.78, 5) is 0. The molecule has 0 fully saturated rings. The first-order chi connectivity index (χ1) is 9.97. The number of hydrogen-bond donors (Lipinski definition) is 1. The first-order valence-electron chi connectivity index (χ1n) is 6.88. The largest absolute Gasteiger partial charge is 0.488 e. The highest BCUT2D eigenvalue weighted by molar-refractivity contribution is 5.41. The average Bonchev–Trinajstić information content (AvgIpc) is 2.39. The van der Waals surface area contributed by atoms with Crippen molar-refractivity contribution >= 4 is 0 Å². The third kappa shape index (κ3) is 4.02. The van der Waals surface area contributed by atoms with Gasteiger partial charge in [0.15, 0.2) is 0 Å². The van der Waals surface area contributed by atoms with Gasteiger partial charge >= 0.3 is 0 Å². The second-order valence-corrected chi connectivity index (χ2v) is 5.27. The zero-order valence-electron chi connectivity index (χ0n) is 12.2. The van der Waals surface area contributed by atoms with E-state index < -0.39 is 11.6 Å². The second-order valence-electron chi connectivity index (χ2n) is 5.27. The van der Waals surface area contributed by atoms with Crippen LogP contribution < -0.4 is 10.5 Å². The number of aryl methyl sites for hydroxylation is 1. The Labute approximate surface area is 123 Å². The maximum Gasteiger partial charge on any atom is 0.132 e. The Morgan fingerprint density at radius 3 is 2.57 bits per heavy atom. The minimum absolute atomic E-state index is 0.0108. The summed E-state index contributed by atoms with van der Waals surface area (Å²) in [6, 6.07) is 9.32. The van der Waals surface area contributed by atoms with Gasteiger partial charge in [-0.1, -0.05) is 18.2 Å². The first kappa shape index (κ1) is 15.4. The summed E-state index contributed by atoms with van der Waals surface area (Å²) in [5.41, 5.74) is 8.12. The Balaban J connectivity index is 2.19. The second kappa shape index (κ2) is 6.68. The molecule has 2 nitrogen and oxygen atoms in total. The monoisotopic (exact) mass is 291 g/mol. The van der Waals surface area contributed by atoms with Crippen molar-refractivity contribution in [2.45, 2.75) is 32.9 Å². The van der Waals surface area contributed by atoms with Crippen LogP contribution in [-0.4, -0.2) is 6.04 Å². The molecule has 0 bridgehead atoms. The molecule has 0 amide bonds. The lowest BCUT2D eigenvalue weighted by atomic mass is 10.0. The lowest BCUT2D eigenvalue weighted by Gasteiger charge is -2.16. The molecule has 1 unspecified atom stereocenters. The molecule has 0 spiro atoms. The van der Waals surface area contributed by atoms with Crippen molar-refractivity contribution in [3.8, 4) is 5.75 Å². The van der Waals surface area contributed by atoms with Gasteiger partial charge < -0.3 is 10.5 Å². The van der Waals surface area contributed by atoms with E-state index in [1.165, 1.54) is 12.1 Å². The van der Waals surface area contributed by atoms with Crippen LogP contribution in [0.5, 0.6) is 5.75 Å². The van der Waals surface area contributed by atoms with E-state index in [1.54, 1.807) is 0 Å². The molecule has 0 aliphatic heterocycles. The van der Waals surface area contributed by atoms with Crippen LogP contribution in [-0.2, 0) is 13.0 Å². The topological polar surface area (TPSA) is 35.2 Å². The summed E-state index contributed by atoms with van der Waals surface area (Å²) in [7, 11) is 0. The van der Waals surface area contributed by atoms with E-state index in [2.05, 4.69) is 0 Å². The van der Waals surface area contributed by atoms with Gasteiger partial charge in [0.2, 0.25) is 0 Å². The van der Waals surface area contributed by atoms with Crippen LogP contribution in [0.3, 0.4) is 0 Å². The molecule has 2 aromatic rings. The van der Waals surface area contributed by atoms with Gasteiger partial charge in [-0.25, -0.2) is 8.78 Å². The van der Waals surface area contributed by atoms with Crippen LogP contribution in [0.15, 0.2) is 36.4 Å². The lowest BCUT2D eigenvalue weighted by molar-refractivity contribution is 0.294. The van der Waals surface area contributed by atoms with Crippen molar-refractivity contribution in [2.24, 2.45) is 5.73 Å². The van der Waals surface area contributed by atoms with Crippen molar-refractivity contribution in [2.75, 3.05) is 0 Å². The standard InChI is InChI=1S/C17H19F2NO/c1-11-4-3-5-13(8-12(2)20)17(11)21-10-14-6-7-15(18)9-16(14)19/h3-7,9,12H,8,10,20H2,1-2H3. The molecule has 21 heavy (non-hydrogen) atoms. The highest BCUT2D eigenvalue weighted by Crippen LogP contribution is 2.26. The summed E-state index contributed by atoms with van der Waals surface area (Å²) in [6.07, 6.45) is 0.683. The number of benzene rings is 2. The highest BCUT2D eigenvalue weighted by Gasteiger charge is 2.11. The van der Waals surface area contributed by atoms with Gasteiger partial charge in [-0.15, -0.1) is 0 Å². The van der Waals surface area contributed by atoms with Crippen molar-refractivity contribution < 1.29 is 13.5 Å². The third-order valence-corrected chi connectivity index (χ3v) is 3.22. The van der Waals surface area contributed by atoms with E-state index in [-0.39, 0.29) is 12.6 Å². The number of rotatable bonds is 5. The van der Waals surface area contributed by atoms with Gasteiger partial charge in [0.05, 0.1) is 0 Å². The maximum atomic E-state index is 13.6. The molecule has 4 heteroatoms. The van der Waals surface area contributed by atoms with Gasteiger partial charge in [0, 0.05) is 17.7 Å². The highest BCUT2D eigenvalue weighted by atomic mass is 19.1. The lowest BCUT2D eigenvalue weighted by Crippen LogP contribution is -2.18. The zero-order chi connectivity index (χ0) is 15.4. The summed E-state index contributed by atoms with van der Waals surface area (Å²) in [5, 5.41) is 0. The van der Waals surface area contributed by atoms with E-state index in [1.807, 2.05) is 32.0 Å². The quantitative estimate of drug-likeness (QED) is 0.910. The van der Waals surface area contributed by atoms with Gasteiger partial charge in [-0.2, -0.15) is 0 Å². The van der Waals surface area contributed by atoms with Crippen LogP contribution in [0.4, 0.5) is 8.78 Å². The van der Waals surface area contributed by atoms with E-state index in [0.717, 1.165) is 22.9 Å². The predicted molar refractivity (Wildman–Crippen MR) is 79.2 cm³/mol. The molecule has 0 aromatic heterocycles. The van der Waals surface area contributed by atoms with Crippen molar-refractivity contribution in [1.82, 2.24) is 0 Å². The molecule has 2 aromatic carbocycles. The van der Waals surface area contributed by atoms with Crippen molar-refractivity contribution in [1.29, 1.82) is 0 Å². The molecule has 0 saturated carbocycles. The molecule has 0 aliphatic carbocycles. The molecule has 0 saturated heterocycles. The molecule has 2 rings (SSSR count). The van der Waals surface area contributed by atoms with Crippen molar-refractivity contribution in [3.05, 3.63) is 64.7 Å².